The number of anilines is 1. The molecule has 0 saturated carbocycles. The monoisotopic (exact) mass is 336 g/mol. The third-order valence-corrected chi connectivity index (χ3v) is 4.14. The minimum Gasteiger partial charge on any atom is -0.440 e. The number of hydrogen-bond acceptors (Lipinski definition) is 4. The first-order valence-electron chi connectivity index (χ1n) is 8.41. The van der Waals surface area contributed by atoms with Crippen molar-refractivity contribution in [2.24, 2.45) is 0 Å². The summed E-state index contributed by atoms with van der Waals surface area (Å²) in [6, 6.07) is 13.1. The lowest BCUT2D eigenvalue weighted by molar-refractivity contribution is -0.134. The fourth-order valence-corrected chi connectivity index (χ4v) is 2.80. The van der Waals surface area contributed by atoms with E-state index in [1.54, 1.807) is 12.1 Å². The number of fused-ring (bicyclic) bond motifs is 1. The summed E-state index contributed by atoms with van der Waals surface area (Å²) < 4.78 is 5.52. The maximum Gasteiger partial charge on any atom is 0.292 e. The van der Waals surface area contributed by atoms with Gasteiger partial charge in [-0.05, 0) is 36.1 Å². The summed E-state index contributed by atoms with van der Waals surface area (Å²) in [6.45, 7) is 4.04. The maximum absolute atomic E-state index is 12.3. The highest BCUT2D eigenvalue weighted by atomic mass is 16.3. The second-order valence-electron chi connectivity index (χ2n) is 5.79. The largest absolute Gasteiger partial charge is 0.440 e. The van der Waals surface area contributed by atoms with E-state index in [-0.39, 0.29) is 12.3 Å². The average molecular weight is 336 g/mol. The average Bonchev–Trinajstić information content (AvgIpc) is 3.03. The van der Waals surface area contributed by atoms with E-state index in [9.17, 15) is 9.59 Å². The molecule has 1 heterocycles. The molecule has 1 amide bonds. The predicted molar refractivity (Wildman–Crippen MR) is 96.5 cm³/mol. The van der Waals surface area contributed by atoms with Gasteiger partial charge in [0.25, 0.3) is 5.91 Å². The molecule has 0 radical (unpaired) electrons. The second kappa shape index (κ2) is 7.30. The molecule has 0 aliphatic rings. The third kappa shape index (κ3) is 3.60. The summed E-state index contributed by atoms with van der Waals surface area (Å²) in [5.74, 6) is -0.960. The number of ketones is 1. The van der Waals surface area contributed by atoms with Gasteiger partial charge in [-0.25, -0.2) is 4.98 Å². The van der Waals surface area contributed by atoms with Crippen LogP contribution in [0.25, 0.3) is 11.1 Å². The Morgan fingerprint density at radius 2 is 1.68 bits per heavy atom. The molecule has 0 fully saturated rings. The van der Waals surface area contributed by atoms with Gasteiger partial charge in [0.15, 0.2) is 5.58 Å². The van der Waals surface area contributed by atoms with Gasteiger partial charge in [0.1, 0.15) is 5.52 Å². The predicted octanol–water partition coefficient (Wildman–Crippen LogP) is 3.70. The zero-order chi connectivity index (χ0) is 17.8. The summed E-state index contributed by atoms with van der Waals surface area (Å²) >= 11 is 0. The molecular weight excluding hydrogens is 316 g/mol. The van der Waals surface area contributed by atoms with E-state index in [2.05, 4.69) is 10.3 Å². The van der Waals surface area contributed by atoms with Crippen LogP contribution < -0.4 is 5.32 Å². The number of amides is 1. The minimum absolute atomic E-state index is 0.156. The van der Waals surface area contributed by atoms with E-state index in [1.807, 2.05) is 44.2 Å². The van der Waals surface area contributed by atoms with Crippen molar-refractivity contribution in [1.29, 1.82) is 0 Å². The highest BCUT2D eigenvalue weighted by Gasteiger charge is 2.20. The molecule has 1 aromatic heterocycles. The highest BCUT2D eigenvalue weighted by Crippen LogP contribution is 2.23. The van der Waals surface area contributed by atoms with Crippen molar-refractivity contribution in [1.82, 2.24) is 4.98 Å². The first kappa shape index (κ1) is 16.9. The van der Waals surface area contributed by atoms with Crippen LogP contribution in [0.3, 0.4) is 0 Å². The molecular formula is C20H20N2O3. The quantitative estimate of drug-likeness (QED) is 0.697. The number of nitrogens with zero attached hydrogens (tertiary/aromatic N) is 1. The van der Waals surface area contributed by atoms with E-state index in [1.165, 1.54) is 0 Å². The molecule has 0 aliphatic heterocycles. The fraction of sp³-hybridized carbons (Fsp3) is 0.250. The van der Waals surface area contributed by atoms with E-state index in [0.29, 0.717) is 11.1 Å². The first-order chi connectivity index (χ1) is 12.1. The SMILES string of the molecule is CCc1cccc(CC)c1NC(=O)C(=O)Cc1nc2ccccc2o1. The Kier molecular flexibility index (Phi) is 4.93. The lowest BCUT2D eigenvalue weighted by atomic mass is 10.0. The van der Waals surface area contributed by atoms with Crippen LogP contribution in [0.4, 0.5) is 5.69 Å². The molecule has 5 nitrogen and oxygen atoms in total. The van der Waals surface area contributed by atoms with E-state index in [4.69, 9.17) is 4.42 Å². The molecule has 128 valence electrons. The number of nitrogens with one attached hydrogen (secondary N) is 1. The van der Waals surface area contributed by atoms with Gasteiger partial charge in [-0.15, -0.1) is 0 Å². The topological polar surface area (TPSA) is 72.2 Å². The molecule has 1 N–H and O–H groups in total. The van der Waals surface area contributed by atoms with Gasteiger partial charge in [-0.2, -0.15) is 0 Å². The Balaban J connectivity index is 1.76. The Hall–Kier alpha value is -2.95. The van der Waals surface area contributed by atoms with Crippen LogP contribution in [0.1, 0.15) is 30.9 Å². The summed E-state index contributed by atoms with van der Waals surface area (Å²) in [7, 11) is 0. The Morgan fingerprint density at radius 3 is 2.32 bits per heavy atom. The van der Waals surface area contributed by atoms with Crippen molar-refractivity contribution in [3.63, 3.8) is 0 Å². The fourth-order valence-electron chi connectivity index (χ4n) is 2.80. The summed E-state index contributed by atoms with van der Waals surface area (Å²) in [5.41, 5.74) is 4.05. The van der Waals surface area contributed by atoms with Gasteiger partial charge in [0.05, 0.1) is 6.42 Å². The third-order valence-electron chi connectivity index (χ3n) is 4.14. The first-order valence-corrected chi connectivity index (χ1v) is 8.41. The summed E-state index contributed by atoms with van der Waals surface area (Å²) in [5, 5.41) is 2.78. The molecule has 0 unspecified atom stereocenters. The minimum atomic E-state index is -0.641. The van der Waals surface area contributed by atoms with Gasteiger partial charge in [-0.1, -0.05) is 44.2 Å². The number of hydrogen-bond donors (Lipinski definition) is 1. The zero-order valence-electron chi connectivity index (χ0n) is 14.3. The van der Waals surface area contributed by atoms with Gasteiger partial charge < -0.3 is 9.73 Å². The maximum atomic E-state index is 12.3. The molecule has 3 aromatic rings. The summed E-state index contributed by atoms with van der Waals surface area (Å²) in [6.07, 6.45) is 1.40. The van der Waals surface area contributed by atoms with E-state index < -0.39 is 11.7 Å². The molecule has 5 heteroatoms. The number of Topliss-reactive ketones (excluding diaryl/α,β-unsaturated/α-hetero) is 1. The van der Waals surface area contributed by atoms with Crippen molar-refractivity contribution in [3.8, 4) is 0 Å². The zero-order valence-corrected chi connectivity index (χ0v) is 14.3. The van der Waals surface area contributed by atoms with Gasteiger partial charge in [-0.3, -0.25) is 9.59 Å². The van der Waals surface area contributed by atoms with Gasteiger partial charge in [0, 0.05) is 5.69 Å². The van der Waals surface area contributed by atoms with Crippen molar-refractivity contribution in [3.05, 3.63) is 59.5 Å². The number of aryl methyl sites for hydroxylation is 2. The number of carbonyl (C=O) groups is 2. The Bertz CT molecular complexity index is 872. The van der Waals surface area contributed by atoms with Crippen LogP contribution >= 0.6 is 0 Å². The van der Waals surface area contributed by atoms with Crippen molar-refractivity contribution >= 4 is 28.5 Å². The normalized spacial score (nSPS) is 10.8. The van der Waals surface area contributed by atoms with Crippen LogP contribution in [-0.2, 0) is 28.9 Å². The molecule has 0 spiro atoms. The molecule has 0 atom stereocenters. The summed E-state index contributed by atoms with van der Waals surface area (Å²) in [4.78, 5) is 28.9. The van der Waals surface area contributed by atoms with Crippen LogP contribution in [0.2, 0.25) is 0 Å². The lowest BCUT2D eigenvalue weighted by Gasteiger charge is -2.13. The van der Waals surface area contributed by atoms with Crippen LogP contribution in [0.15, 0.2) is 46.9 Å². The Morgan fingerprint density at radius 1 is 1.00 bits per heavy atom. The van der Waals surface area contributed by atoms with Crippen LogP contribution in [0.5, 0.6) is 0 Å². The number of carbonyl (C=O) groups excluding carboxylic acids is 2. The standard InChI is InChI=1S/C20H20N2O3/c1-3-13-8-7-9-14(4-2)19(13)22-20(24)16(23)12-18-21-15-10-5-6-11-17(15)25-18/h5-11H,3-4,12H2,1-2H3,(H,22,24). The van der Waals surface area contributed by atoms with Crippen LogP contribution in [0, 0.1) is 0 Å². The molecule has 2 aromatic carbocycles. The van der Waals surface area contributed by atoms with Crippen molar-refractivity contribution in [2.45, 2.75) is 33.1 Å². The van der Waals surface area contributed by atoms with E-state index in [0.717, 1.165) is 29.7 Å². The molecule has 3 rings (SSSR count). The number of aromatic nitrogens is 1. The number of para-hydroxylation sites is 3. The number of oxazole rings is 1. The lowest BCUT2D eigenvalue weighted by Crippen LogP contribution is -2.25. The molecule has 0 aliphatic carbocycles. The van der Waals surface area contributed by atoms with E-state index >= 15 is 0 Å². The second-order valence-corrected chi connectivity index (χ2v) is 5.79. The molecule has 25 heavy (non-hydrogen) atoms. The molecule has 0 saturated heterocycles. The number of benzene rings is 2. The highest BCUT2D eigenvalue weighted by molar-refractivity contribution is 6.41. The van der Waals surface area contributed by atoms with Gasteiger partial charge >= 0.3 is 0 Å². The van der Waals surface area contributed by atoms with Crippen molar-refractivity contribution < 1.29 is 14.0 Å². The smallest absolute Gasteiger partial charge is 0.292 e. The van der Waals surface area contributed by atoms with Crippen molar-refractivity contribution in [2.75, 3.05) is 5.32 Å². The number of rotatable bonds is 6. The van der Waals surface area contributed by atoms with Gasteiger partial charge in [0.2, 0.25) is 11.7 Å². The van der Waals surface area contributed by atoms with Crippen LogP contribution in [-0.4, -0.2) is 16.7 Å². The molecule has 0 bridgehead atoms. The Labute approximate surface area is 146 Å².